The molecule has 11 aromatic rings. The summed E-state index contributed by atoms with van der Waals surface area (Å²) in [6, 6.07) is 67.0. The van der Waals surface area contributed by atoms with Crippen molar-refractivity contribution in [3.8, 4) is 28.2 Å². The van der Waals surface area contributed by atoms with E-state index in [1.54, 1.807) is 0 Å². The van der Waals surface area contributed by atoms with Gasteiger partial charge in [0.15, 0.2) is 0 Å². The first kappa shape index (κ1) is 29.1. The number of benzene rings is 8. The Balaban J connectivity index is 1.14. The second-order valence-corrected chi connectivity index (χ2v) is 15.0. The fourth-order valence-corrected chi connectivity index (χ4v) is 8.84. The molecule has 0 amide bonds. The zero-order valence-corrected chi connectivity index (χ0v) is 30.7. The number of aromatic nitrogens is 3. The summed E-state index contributed by atoms with van der Waals surface area (Å²) in [5.74, 6) is 0. The Morgan fingerprint density at radius 2 is 0.673 bits per heavy atom. The van der Waals surface area contributed by atoms with Gasteiger partial charge in [0, 0.05) is 59.6 Å². The van der Waals surface area contributed by atoms with Crippen LogP contribution >= 0.6 is 0 Å². The molecule has 0 unspecified atom stereocenters. The first-order valence-electron chi connectivity index (χ1n) is 17.9. The predicted molar refractivity (Wildman–Crippen MR) is 224 cm³/mol. The molecule has 0 radical (unpaired) electrons. The van der Waals surface area contributed by atoms with E-state index in [1.807, 2.05) is 0 Å². The van der Waals surface area contributed by atoms with E-state index in [2.05, 4.69) is 196 Å². The summed E-state index contributed by atoms with van der Waals surface area (Å²) in [6.07, 6.45) is 0. The van der Waals surface area contributed by atoms with E-state index in [-0.39, 0.29) is 0 Å². The zero-order valence-electron chi connectivity index (χ0n) is 28.7. The van der Waals surface area contributed by atoms with Crippen LogP contribution in [0.4, 0.5) is 0 Å². The molecule has 0 spiro atoms. The highest BCUT2D eigenvalue weighted by molar-refractivity contribution is 6.32. The molecule has 0 saturated carbocycles. The minimum absolute atomic E-state index is 1.04. The maximum Gasteiger partial charge on any atom is 0.0547 e. The van der Waals surface area contributed by atoms with Crippen molar-refractivity contribution in [2.24, 2.45) is 0 Å². The zero-order chi connectivity index (χ0) is 34.3. The Kier molecular flexibility index (Phi) is 6.27. The SMILES string of the molecule is [SiH3]c1ccc(-n2c3ccccc3c3ccc(-c4ccc5c6ccccc6n(-c6ccc7c(c6)c6ccccc6n7-c6ccccc6)c5c4)cc32)cc1. The van der Waals surface area contributed by atoms with Crippen LogP contribution in [0.15, 0.2) is 182 Å². The van der Waals surface area contributed by atoms with Gasteiger partial charge in [0.1, 0.15) is 0 Å². The van der Waals surface area contributed by atoms with Crippen molar-refractivity contribution in [2.75, 3.05) is 0 Å². The largest absolute Gasteiger partial charge is 0.309 e. The standard InChI is InChI=1S/C48H33N3Si/c52-36-23-20-34(21-24-36)50-43-15-7-4-12-37(43)40-25-18-31(28-47(40)50)32-19-26-41-38-13-5-8-16-44(38)51(48(41)29-32)35-22-27-46-42(30-35)39-14-6-9-17-45(39)49(46)33-10-2-1-3-11-33/h1-30H,52H3. The van der Waals surface area contributed by atoms with Gasteiger partial charge in [-0.1, -0.05) is 114 Å². The van der Waals surface area contributed by atoms with E-state index in [1.165, 1.54) is 93.1 Å². The molecule has 0 aliphatic heterocycles. The van der Waals surface area contributed by atoms with Gasteiger partial charge < -0.3 is 13.7 Å². The molecule has 8 aromatic carbocycles. The fraction of sp³-hybridized carbons (Fsp3) is 0. The van der Waals surface area contributed by atoms with Crippen LogP contribution in [0.25, 0.3) is 93.6 Å². The molecule has 3 aromatic heterocycles. The van der Waals surface area contributed by atoms with Gasteiger partial charge in [0.05, 0.1) is 33.1 Å². The Labute approximate surface area is 303 Å². The molecule has 3 heterocycles. The highest BCUT2D eigenvalue weighted by atomic mass is 28.1. The molecule has 0 aliphatic rings. The maximum absolute atomic E-state index is 2.45. The lowest BCUT2D eigenvalue weighted by molar-refractivity contribution is 1.16. The van der Waals surface area contributed by atoms with Crippen molar-refractivity contribution in [3.05, 3.63) is 182 Å². The molecule has 244 valence electrons. The Hall–Kier alpha value is -6.62. The predicted octanol–water partition coefficient (Wildman–Crippen LogP) is 10.6. The van der Waals surface area contributed by atoms with Gasteiger partial charge in [-0.05, 0) is 83.9 Å². The lowest BCUT2D eigenvalue weighted by Gasteiger charge is -2.12. The first-order chi connectivity index (χ1) is 25.7. The van der Waals surface area contributed by atoms with Crippen LogP contribution in [0, 0.1) is 0 Å². The molecule has 4 heteroatoms. The fourth-order valence-electron chi connectivity index (χ4n) is 8.51. The van der Waals surface area contributed by atoms with Crippen LogP contribution in [0.2, 0.25) is 0 Å². The van der Waals surface area contributed by atoms with Gasteiger partial charge in [-0.2, -0.15) is 0 Å². The molecule has 0 N–H and O–H groups in total. The van der Waals surface area contributed by atoms with Crippen molar-refractivity contribution < 1.29 is 0 Å². The van der Waals surface area contributed by atoms with Crippen molar-refractivity contribution >= 4 is 80.8 Å². The molecule has 0 bridgehead atoms. The molecule has 0 aliphatic carbocycles. The summed E-state index contributed by atoms with van der Waals surface area (Å²) in [5, 5.41) is 8.96. The Morgan fingerprint density at radius 3 is 1.25 bits per heavy atom. The lowest BCUT2D eigenvalue weighted by Crippen LogP contribution is -2.02. The van der Waals surface area contributed by atoms with E-state index < -0.39 is 0 Å². The van der Waals surface area contributed by atoms with Gasteiger partial charge in [-0.25, -0.2) is 0 Å². The Morgan fingerprint density at radius 1 is 0.269 bits per heavy atom. The summed E-state index contributed by atoms with van der Waals surface area (Å²) in [7, 11) is 1.04. The van der Waals surface area contributed by atoms with Crippen LogP contribution in [-0.4, -0.2) is 23.9 Å². The van der Waals surface area contributed by atoms with Crippen LogP contribution in [0.3, 0.4) is 0 Å². The summed E-state index contributed by atoms with van der Waals surface area (Å²) in [5.41, 5.74) is 13.2. The maximum atomic E-state index is 2.45. The second kappa shape index (κ2) is 11.2. The lowest BCUT2D eigenvalue weighted by atomic mass is 10.0. The van der Waals surface area contributed by atoms with Crippen LogP contribution < -0.4 is 5.19 Å². The van der Waals surface area contributed by atoms with Gasteiger partial charge in [-0.3, -0.25) is 0 Å². The summed E-state index contributed by atoms with van der Waals surface area (Å²) in [6.45, 7) is 0. The van der Waals surface area contributed by atoms with E-state index in [0.29, 0.717) is 0 Å². The summed E-state index contributed by atoms with van der Waals surface area (Å²) < 4.78 is 7.26. The van der Waals surface area contributed by atoms with E-state index in [4.69, 9.17) is 0 Å². The van der Waals surface area contributed by atoms with Gasteiger partial charge in [0.2, 0.25) is 0 Å². The molecular weight excluding hydrogens is 647 g/mol. The highest BCUT2D eigenvalue weighted by Crippen LogP contribution is 2.39. The first-order valence-corrected chi connectivity index (χ1v) is 18.9. The number of hydrogen-bond donors (Lipinski definition) is 0. The number of rotatable bonds is 4. The Bertz CT molecular complexity index is 3180. The summed E-state index contributed by atoms with van der Waals surface area (Å²) >= 11 is 0. The van der Waals surface area contributed by atoms with Crippen molar-refractivity contribution in [1.29, 1.82) is 0 Å². The third-order valence-corrected chi connectivity index (χ3v) is 11.6. The van der Waals surface area contributed by atoms with E-state index in [9.17, 15) is 0 Å². The minimum atomic E-state index is 1.04. The second-order valence-electron chi connectivity index (χ2n) is 13.9. The van der Waals surface area contributed by atoms with Gasteiger partial charge in [0.25, 0.3) is 0 Å². The highest BCUT2D eigenvalue weighted by Gasteiger charge is 2.18. The number of nitrogens with zero attached hydrogens (tertiary/aromatic N) is 3. The van der Waals surface area contributed by atoms with E-state index in [0.717, 1.165) is 15.9 Å². The number of hydrogen-bond acceptors (Lipinski definition) is 0. The quantitative estimate of drug-likeness (QED) is 0.165. The average molecular weight is 680 g/mol. The monoisotopic (exact) mass is 679 g/mol. The van der Waals surface area contributed by atoms with Gasteiger partial charge >= 0.3 is 0 Å². The molecule has 3 nitrogen and oxygen atoms in total. The van der Waals surface area contributed by atoms with E-state index >= 15 is 0 Å². The van der Waals surface area contributed by atoms with Crippen LogP contribution in [0.1, 0.15) is 0 Å². The topological polar surface area (TPSA) is 14.8 Å². The van der Waals surface area contributed by atoms with Crippen molar-refractivity contribution in [2.45, 2.75) is 0 Å². The van der Waals surface area contributed by atoms with Crippen LogP contribution in [0.5, 0.6) is 0 Å². The minimum Gasteiger partial charge on any atom is -0.309 e. The normalized spacial score (nSPS) is 12.0. The molecule has 0 fully saturated rings. The van der Waals surface area contributed by atoms with Crippen molar-refractivity contribution in [1.82, 2.24) is 13.7 Å². The van der Waals surface area contributed by atoms with Crippen molar-refractivity contribution in [3.63, 3.8) is 0 Å². The van der Waals surface area contributed by atoms with Crippen LogP contribution in [-0.2, 0) is 0 Å². The number of fused-ring (bicyclic) bond motifs is 9. The molecule has 11 rings (SSSR count). The smallest absolute Gasteiger partial charge is 0.0547 e. The molecule has 0 atom stereocenters. The van der Waals surface area contributed by atoms with Gasteiger partial charge in [-0.15, -0.1) is 0 Å². The third-order valence-electron chi connectivity index (χ3n) is 10.9. The average Bonchev–Trinajstić information content (AvgIpc) is 3.83. The number of para-hydroxylation sites is 4. The molecular formula is C48H33N3Si. The molecule has 52 heavy (non-hydrogen) atoms. The third kappa shape index (κ3) is 4.25. The summed E-state index contributed by atoms with van der Waals surface area (Å²) in [4.78, 5) is 0. The molecule has 0 saturated heterocycles.